The maximum absolute atomic E-state index is 6.04. The summed E-state index contributed by atoms with van der Waals surface area (Å²) in [6.07, 6.45) is 10.0. The summed E-state index contributed by atoms with van der Waals surface area (Å²) in [5.41, 5.74) is 2.90. The summed E-state index contributed by atoms with van der Waals surface area (Å²) in [7, 11) is 0. The van der Waals surface area contributed by atoms with Gasteiger partial charge in [0.1, 0.15) is 22.2 Å². The second-order valence-corrected chi connectivity index (χ2v) is 9.29. The molecule has 0 bridgehead atoms. The van der Waals surface area contributed by atoms with E-state index in [4.69, 9.17) is 16.0 Å². The second-order valence-electron chi connectivity index (χ2n) is 8.08. The summed E-state index contributed by atoms with van der Waals surface area (Å²) >= 11 is 7.54. The lowest BCUT2D eigenvalue weighted by Crippen LogP contribution is -2.50. The number of piperazine rings is 1. The van der Waals surface area contributed by atoms with Crippen LogP contribution >= 0.6 is 23.1 Å². The lowest BCUT2D eigenvalue weighted by molar-refractivity contribution is 0.169. The number of benzene rings is 1. The van der Waals surface area contributed by atoms with Crippen molar-refractivity contribution in [3.63, 3.8) is 0 Å². The van der Waals surface area contributed by atoms with Crippen molar-refractivity contribution in [1.29, 1.82) is 0 Å². The summed E-state index contributed by atoms with van der Waals surface area (Å²) in [6.45, 7) is 4.30. The molecule has 2 fully saturated rings. The number of hydrogen-bond acceptors (Lipinski definition) is 6. The number of hydrogen-bond donors (Lipinski definition) is 0. The molecule has 2 aliphatic rings. The summed E-state index contributed by atoms with van der Waals surface area (Å²) in [5.74, 6) is 1.04. The van der Waals surface area contributed by atoms with Gasteiger partial charge in [0.25, 0.3) is 0 Å². The zero-order valence-corrected chi connectivity index (χ0v) is 18.1. The molecule has 1 aliphatic carbocycles. The quantitative estimate of drug-likeness (QED) is 0.534. The Kier molecular flexibility index (Phi) is 5.66. The Labute approximate surface area is 180 Å². The highest BCUT2D eigenvalue weighted by Crippen LogP contribution is 2.35. The molecule has 0 atom stereocenters. The van der Waals surface area contributed by atoms with Crippen molar-refractivity contribution in [2.45, 2.75) is 44.6 Å². The van der Waals surface area contributed by atoms with Gasteiger partial charge in [0.2, 0.25) is 0 Å². The minimum Gasteiger partial charge on any atom is -0.353 e. The van der Waals surface area contributed by atoms with Gasteiger partial charge in [-0.05, 0) is 36.5 Å². The average molecular weight is 428 g/mol. The highest BCUT2D eigenvalue weighted by atomic mass is 35.5. The monoisotopic (exact) mass is 427 g/mol. The molecule has 1 saturated carbocycles. The maximum atomic E-state index is 6.04. The Morgan fingerprint density at radius 2 is 1.62 bits per heavy atom. The summed E-state index contributed by atoms with van der Waals surface area (Å²) in [4.78, 5) is 14.3. The van der Waals surface area contributed by atoms with Gasteiger partial charge in [0.15, 0.2) is 5.82 Å². The van der Waals surface area contributed by atoms with Crippen LogP contribution in [0.2, 0.25) is 5.02 Å². The number of rotatable bonds is 3. The van der Waals surface area contributed by atoms with Crippen LogP contribution in [0.5, 0.6) is 0 Å². The Balaban J connectivity index is 1.35. The molecule has 5 rings (SSSR count). The fraction of sp³-hybridized carbons (Fsp3) is 0.500. The first kappa shape index (κ1) is 19.2. The highest BCUT2D eigenvalue weighted by molar-refractivity contribution is 7.14. The summed E-state index contributed by atoms with van der Waals surface area (Å²) in [5, 5.41) is 0.732. The van der Waals surface area contributed by atoms with Crippen LogP contribution in [0.3, 0.4) is 0 Å². The topological polar surface area (TPSA) is 45.2 Å². The van der Waals surface area contributed by atoms with E-state index in [1.165, 1.54) is 50.1 Å². The van der Waals surface area contributed by atoms with Gasteiger partial charge in [-0.2, -0.15) is 4.37 Å². The predicted octanol–water partition coefficient (Wildman–Crippen LogP) is 5.25. The molecule has 3 aromatic rings. The summed E-state index contributed by atoms with van der Waals surface area (Å²) in [6, 6.07) is 8.59. The number of halogens is 1. The van der Waals surface area contributed by atoms with Gasteiger partial charge in [-0.15, -0.1) is 0 Å². The van der Waals surface area contributed by atoms with Crippen LogP contribution < -0.4 is 4.90 Å². The fourth-order valence-electron chi connectivity index (χ4n) is 4.70. The van der Waals surface area contributed by atoms with Gasteiger partial charge in [0.05, 0.1) is 0 Å². The molecule has 0 amide bonds. The van der Waals surface area contributed by atoms with E-state index in [0.717, 1.165) is 64.5 Å². The van der Waals surface area contributed by atoms with Crippen LogP contribution in [-0.4, -0.2) is 51.5 Å². The van der Waals surface area contributed by atoms with Crippen LogP contribution in [-0.2, 0) is 0 Å². The van der Waals surface area contributed by atoms with Gasteiger partial charge >= 0.3 is 0 Å². The van der Waals surface area contributed by atoms with Gasteiger partial charge in [-0.25, -0.2) is 9.97 Å². The fourth-order valence-corrected chi connectivity index (χ4v) is 5.70. The van der Waals surface area contributed by atoms with Gasteiger partial charge in [-0.3, -0.25) is 4.90 Å². The average Bonchev–Trinajstić information content (AvgIpc) is 3.01. The van der Waals surface area contributed by atoms with E-state index in [-0.39, 0.29) is 0 Å². The van der Waals surface area contributed by atoms with Crippen molar-refractivity contribution in [2.75, 3.05) is 31.1 Å². The molecule has 0 unspecified atom stereocenters. The highest BCUT2D eigenvalue weighted by Gasteiger charge is 2.26. The molecule has 5 nitrogen and oxygen atoms in total. The van der Waals surface area contributed by atoms with E-state index in [1.807, 2.05) is 24.3 Å². The van der Waals surface area contributed by atoms with Crippen LogP contribution in [0.1, 0.15) is 38.5 Å². The van der Waals surface area contributed by atoms with Crippen LogP contribution in [0, 0.1) is 0 Å². The van der Waals surface area contributed by atoms with Crippen LogP contribution in [0.25, 0.3) is 21.5 Å². The molecular formula is C22H26ClN5S. The Bertz CT molecular complexity index is 957. The predicted molar refractivity (Wildman–Crippen MR) is 121 cm³/mol. The Hall–Kier alpha value is -1.76. The Morgan fingerprint density at radius 1 is 0.897 bits per heavy atom. The molecule has 7 heteroatoms. The maximum Gasteiger partial charge on any atom is 0.151 e. The minimum atomic E-state index is 0.732. The van der Waals surface area contributed by atoms with E-state index in [1.54, 1.807) is 6.33 Å². The van der Waals surface area contributed by atoms with E-state index in [9.17, 15) is 0 Å². The third-order valence-corrected chi connectivity index (χ3v) is 7.39. The minimum absolute atomic E-state index is 0.732. The summed E-state index contributed by atoms with van der Waals surface area (Å²) < 4.78 is 5.79. The molecule has 152 valence electrons. The Morgan fingerprint density at radius 3 is 2.34 bits per heavy atom. The number of anilines is 1. The van der Waals surface area contributed by atoms with E-state index < -0.39 is 0 Å². The number of nitrogens with zero attached hydrogens (tertiary/aromatic N) is 5. The molecule has 0 N–H and O–H groups in total. The van der Waals surface area contributed by atoms with E-state index in [0.29, 0.717) is 0 Å². The first-order valence-electron chi connectivity index (χ1n) is 10.6. The van der Waals surface area contributed by atoms with Crippen molar-refractivity contribution in [3.05, 3.63) is 35.6 Å². The van der Waals surface area contributed by atoms with Gasteiger partial charge < -0.3 is 4.90 Å². The molecule has 1 saturated heterocycles. The second kappa shape index (κ2) is 8.54. The lowest BCUT2D eigenvalue weighted by atomic mass is 10.1. The van der Waals surface area contributed by atoms with E-state index >= 15 is 0 Å². The van der Waals surface area contributed by atoms with Crippen molar-refractivity contribution in [3.8, 4) is 11.3 Å². The largest absolute Gasteiger partial charge is 0.353 e. The van der Waals surface area contributed by atoms with Crippen molar-refractivity contribution >= 4 is 39.2 Å². The molecule has 3 heterocycles. The van der Waals surface area contributed by atoms with Crippen LogP contribution in [0.4, 0.5) is 5.82 Å². The molecule has 2 aromatic heterocycles. The zero-order chi connectivity index (χ0) is 19.6. The SMILES string of the molecule is Clc1ccc(-c2nsc3c(N4CCN(C5CCCCCC5)CC4)ncnc23)cc1. The van der Waals surface area contributed by atoms with Crippen molar-refractivity contribution in [1.82, 2.24) is 19.2 Å². The normalized spacial score (nSPS) is 19.6. The zero-order valence-electron chi connectivity index (χ0n) is 16.6. The lowest BCUT2D eigenvalue weighted by Gasteiger charge is -2.39. The first-order chi connectivity index (χ1) is 14.3. The van der Waals surface area contributed by atoms with Crippen molar-refractivity contribution in [2.24, 2.45) is 0 Å². The van der Waals surface area contributed by atoms with Gasteiger partial charge in [0, 0.05) is 42.8 Å². The standard InChI is InChI=1S/C22H26ClN5S/c23-17-9-7-16(8-10-17)19-20-21(29-26-19)22(25-15-24-20)28-13-11-27(12-14-28)18-5-3-1-2-4-6-18/h7-10,15,18H,1-6,11-14H2. The first-order valence-corrected chi connectivity index (χ1v) is 11.8. The molecule has 1 aromatic carbocycles. The third kappa shape index (κ3) is 3.98. The smallest absolute Gasteiger partial charge is 0.151 e. The number of aromatic nitrogens is 3. The van der Waals surface area contributed by atoms with Crippen molar-refractivity contribution < 1.29 is 0 Å². The molecule has 29 heavy (non-hydrogen) atoms. The van der Waals surface area contributed by atoms with Crippen LogP contribution in [0.15, 0.2) is 30.6 Å². The molecule has 0 spiro atoms. The third-order valence-electron chi connectivity index (χ3n) is 6.31. The van der Waals surface area contributed by atoms with Gasteiger partial charge in [-0.1, -0.05) is 49.4 Å². The van der Waals surface area contributed by atoms with E-state index in [2.05, 4.69) is 19.8 Å². The number of fused-ring (bicyclic) bond motifs is 1. The molecular weight excluding hydrogens is 402 g/mol. The molecule has 1 aliphatic heterocycles. The molecule has 0 radical (unpaired) electrons.